The third-order valence-electron chi connectivity index (χ3n) is 2.77. The molecule has 2 rings (SSSR count). The molecule has 1 aromatic rings. The summed E-state index contributed by atoms with van der Waals surface area (Å²) >= 11 is 7.09. The van der Waals surface area contributed by atoms with Crippen LogP contribution in [0.3, 0.4) is 0 Å². The van der Waals surface area contributed by atoms with E-state index in [2.05, 4.69) is 14.5 Å². The highest BCUT2D eigenvalue weighted by molar-refractivity contribution is 7.10. The summed E-state index contributed by atoms with van der Waals surface area (Å²) in [5, 5.41) is 12.7. The lowest BCUT2D eigenvalue weighted by molar-refractivity contribution is -0.138. The Kier molecular flexibility index (Phi) is 3.73. The molecule has 0 bridgehead atoms. The average Bonchev–Trinajstić information content (AvgIpc) is 2.78. The molecule has 0 radical (unpaired) electrons. The van der Waals surface area contributed by atoms with Gasteiger partial charge in [0.1, 0.15) is 10.0 Å². The Morgan fingerprint density at radius 2 is 2.50 bits per heavy atom. The van der Waals surface area contributed by atoms with Crippen LogP contribution in [0.25, 0.3) is 0 Å². The fourth-order valence-corrected chi connectivity index (χ4v) is 2.63. The van der Waals surface area contributed by atoms with E-state index in [-0.39, 0.29) is 12.5 Å². The zero-order valence-corrected chi connectivity index (χ0v) is 10.2. The van der Waals surface area contributed by atoms with Crippen molar-refractivity contribution in [3.8, 4) is 0 Å². The zero-order chi connectivity index (χ0) is 11.5. The minimum Gasteiger partial charge on any atom is -0.481 e. The van der Waals surface area contributed by atoms with Gasteiger partial charge in [0.15, 0.2) is 0 Å². The van der Waals surface area contributed by atoms with Gasteiger partial charge in [0.2, 0.25) is 0 Å². The van der Waals surface area contributed by atoms with Crippen LogP contribution in [0, 0.1) is 0 Å². The molecule has 7 heteroatoms. The largest absolute Gasteiger partial charge is 0.481 e. The van der Waals surface area contributed by atoms with Gasteiger partial charge in [-0.05, 0) is 19.4 Å². The van der Waals surface area contributed by atoms with E-state index in [1.807, 2.05) is 0 Å². The van der Waals surface area contributed by atoms with E-state index in [4.69, 9.17) is 16.7 Å². The number of hydrogen-bond acceptors (Lipinski definition) is 5. The smallest absolute Gasteiger partial charge is 0.304 e. The average molecular weight is 262 g/mol. The van der Waals surface area contributed by atoms with Crippen molar-refractivity contribution in [1.82, 2.24) is 14.5 Å². The third kappa shape index (κ3) is 2.69. The summed E-state index contributed by atoms with van der Waals surface area (Å²) in [6.07, 6.45) is 2.16. The zero-order valence-electron chi connectivity index (χ0n) is 8.60. The molecule has 0 aliphatic carbocycles. The normalized spacial score (nSPS) is 21.4. The maximum Gasteiger partial charge on any atom is 0.304 e. The molecule has 1 unspecified atom stereocenters. The molecule has 1 aromatic heterocycles. The van der Waals surface area contributed by atoms with E-state index in [0.29, 0.717) is 10.9 Å². The van der Waals surface area contributed by atoms with Crippen LogP contribution in [-0.2, 0) is 11.3 Å². The lowest BCUT2D eigenvalue weighted by Gasteiger charge is -2.21. The molecule has 0 saturated carbocycles. The van der Waals surface area contributed by atoms with Gasteiger partial charge in [-0.25, -0.2) is 0 Å². The number of rotatable bonds is 4. The van der Waals surface area contributed by atoms with Crippen LogP contribution in [0.4, 0.5) is 0 Å². The number of carboxylic acid groups (broad SMARTS) is 1. The van der Waals surface area contributed by atoms with Crippen LogP contribution in [0.2, 0.25) is 4.34 Å². The Morgan fingerprint density at radius 3 is 3.12 bits per heavy atom. The second kappa shape index (κ2) is 5.07. The fourth-order valence-electron chi connectivity index (χ4n) is 2.02. The first-order valence-corrected chi connectivity index (χ1v) is 6.24. The van der Waals surface area contributed by atoms with E-state index in [1.165, 1.54) is 0 Å². The molecular formula is C9H12ClN3O2S. The fraction of sp³-hybridized carbons (Fsp3) is 0.667. The molecule has 1 aliphatic heterocycles. The molecule has 2 heterocycles. The van der Waals surface area contributed by atoms with Crippen molar-refractivity contribution in [2.45, 2.75) is 31.8 Å². The van der Waals surface area contributed by atoms with Crippen LogP contribution in [0.15, 0.2) is 0 Å². The minimum absolute atomic E-state index is 0.107. The van der Waals surface area contributed by atoms with Crippen LogP contribution in [0.1, 0.15) is 25.0 Å². The number of nitrogens with zero attached hydrogens (tertiary/aromatic N) is 3. The van der Waals surface area contributed by atoms with Gasteiger partial charge < -0.3 is 5.11 Å². The van der Waals surface area contributed by atoms with Crippen LogP contribution < -0.4 is 0 Å². The van der Waals surface area contributed by atoms with Gasteiger partial charge in [0.05, 0.1) is 6.42 Å². The van der Waals surface area contributed by atoms with E-state index >= 15 is 0 Å². The summed E-state index contributed by atoms with van der Waals surface area (Å²) in [6.45, 7) is 1.51. The summed E-state index contributed by atoms with van der Waals surface area (Å²) in [7, 11) is 0. The maximum atomic E-state index is 10.7. The number of hydrogen-bond donors (Lipinski definition) is 1. The summed E-state index contributed by atoms with van der Waals surface area (Å²) in [5.74, 6) is -0.751. The number of carboxylic acids is 1. The Labute approximate surface area is 102 Å². The minimum atomic E-state index is -0.751. The molecule has 1 fully saturated rings. The molecule has 5 nitrogen and oxygen atoms in total. The molecule has 16 heavy (non-hydrogen) atoms. The Bertz CT molecular complexity index is 385. The van der Waals surface area contributed by atoms with Crippen LogP contribution in [0.5, 0.6) is 0 Å². The first-order valence-electron chi connectivity index (χ1n) is 5.09. The molecule has 0 amide bonds. The third-order valence-corrected chi connectivity index (χ3v) is 3.76. The van der Waals surface area contributed by atoms with Gasteiger partial charge in [-0.2, -0.15) is 0 Å². The summed E-state index contributed by atoms with van der Waals surface area (Å²) in [4.78, 5) is 12.8. The van der Waals surface area contributed by atoms with Crippen LogP contribution in [-0.4, -0.2) is 38.1 Å². The summed E-state index contributed by atoms with van der Waals surface area (Å²) < 4.78 is 4.36. The predicted octanol–water partition coefficient (Wildman–Crippen LogP) is 1.63. The van der Waals surface area contributed by atoms with E-state index in [1.54, 1.807) is 0 Å². The number of aliphatic carboxylic acids is 1. The number of likely N-dealkylation sites (tertiary alicyclic amines) is 1. The SMILES string of the molecule is O=C(O)CC1CCCN1Cc1nnsc1Cl. The molecular weight excluding hydrogens is 250 g/mol. The van der Waals surface area contributed by atoms with Crippen molar-refractivity contribution < 1.29 is 9.90 Å². The van der Waals surface area contributed by atoms with Crippen molar-refractivity contribution in [3.63, 3.8) is 0 Å². The second-order valence-corrected chi connectivity index (χ2v) is 5.21. The number of carbonyl (C=O) groups is 1. The van der Waals surface area contributed by atoms with Gasteiger partial charge in [0.25, 0.3) is 0 Å². The predicted molar refractivity (Wildman–Crippen MR) is 60.6 cm³/mol. The molecule has 1 atom stereocenters. The van der Waals surface area contributed by atoms with Gasteiger partial charge >= 0.3 is 5.97 Å². The van der Waals surface area contributed by atoms with Crippen molar-refractivity contribution >= 4 is 29.1 Å². The maximum absolute atomic E-state index is 10.7. The van der Waals surface area contributed by atoms with Gasteiger partial charge in [-0.1, -0.05) is 16.1 Å². The lowest BCUT2D eigenvalue weighted by Crippen LogP contribution is -2.31. The Balaban J connectivity index is 1.98. The van der Waals surface area contributed by atoms with E-state index in [0.717, 1.165) is 36.6 Å². The number of halogens is 1. The van der Waals surface area contributed by atoms with Crippen molar-refractivity contribution in [3.05, 3.63) is 10.0 Å². The lowest BCUT2D eigenvalue weighted by atomic mass is 10.1. The Hall–Kier alpha value is -0.720. The second-order valence-electron chi connectivity index (χ2n) is 3.86. The van der Waals surface area contributed by atoms with E-state index in [9.17, 15) is 4.79 Å². The van der Waals surface area contributed by atoms with Crippen LogP contribution >= 0.6 is 23.1 Å². The highest BCUT2D eigenvalue weighted by Gasteiger charge is 2.27. The summed E-state index contributed by atoms with van der Waals surface area (Å²) in [5.41, 5.74) is 0.754. The standard InChI is InChI=1S/C9H12ClN3O2S/c10-9-7(11-12-16-9)5-13-3-1-2-6(13)4-8(14)15/h6H,1-5H2,(H,14,15). The quantitative estimate of drug-likeness (QED) is 0.892. The number of aromatic nitrogens is 2. The Morgan fingerprint density at radius 1 is 1.69 bits per heavy atom. The molecule has 0 aromatic carbocycles. The highest BCUT2D eigenvalue weighted by Crippen LogP contribution is 2.25. The molecule has 1 aliphatic rings. The van der Waals surface area contributed by atoms with E-state index < -0.39 is 5.97 Å². The monoisotopic (exact) mass is 261 g/mol. The molecule has 0 spiro atoms. The van der Waals surface area contributed by atoms with Crippen molar-refractivity contribution in [2.24, 2.45) is 0 Å². The molecule has 1 saturated heterocycles. The topological polar surface area (TPSA) is 66.3 Å². The van der Waals surface area contributed by atoms with Crippen molar-refractivity contribution in [2.75, 3.05) is 6.54 Å². The van der Waals surface area contributed by atoms with Gasteiger partial charge in [-0.3, -0.25) is 9.69 Å². The molecule has 88 valence electrons. The highest BCUT2D eigenvalue weighted by atomic mass is 35.5. The van der Waals surface area contributed by atoms with Gasteiger partial charge in [-0.15, -0.1) is 5.10 Å². The van der Waals surface area contributed by atoms with Crippen molar-refractivity contribution in [1.29, 1.82) is 0 Å². The molecule has 1 N–H and O–H groups in total. The first kappa shape index (κ1) is 11.8. The first-order chi connectivity index (χ1) is 7.66. The summed E-state index contributed by atoms with van der Waals surface area (Å²) in [6, 6.07) is 0.107. The van der Waals surface area contributed by atoms with Gasteiger partial charge in [0, 0.05) is 24.1 Å².